The lowest BCUT2D eigenvalue weighted by Gasteiger charge is -2.52. The topological polar surface area (TPSA) is 43.2 Å². The van der Waals surface area contributed by atoms with Gasteiger partial charge in [-0.05, 0) is 60.8 Å². The molecule has 0 aliphatic carbocycles. The molecule has 3 aliphatic heterocycles. The molecule has 124 valence electrons. The monoisotopic (exact) mass is 378 g/mol. The first kappa shape index (κ1) is 15.4. The molecule has 3 saturated heterocycles. The van der Waals surface area contributed by atoms with Crippen molar-refractivity contribution in [3.8, 4) is 6.01 Å². The predicted molar refractivity (Wildman–Crippen MR) is 93.8 cm³/mol. The maximum atomic E-state index is 5.56. The zero-order chi connectivity index (χ0) is 16.2. The number of nitrogens with zero attached hydrogens (tertiary/aromatic N) is 4. The zero-order valence-electron chi connectivity index (χ0n) is 14.0. The van der Waals surface area contributed by atoms with Crippen molar-refractivity contribution >= 4 is 27.1 Å². The second kappa shape index (κ2) is 5.45. The van der Waals surface area contributed by atoms with Crippen LogP contribution in [0, 0.1) is 18.3 Å². The molecule has 0 amide bonds. The van der Waals surface area contributed by atoms with Crippen LogP contribution in [0.5, 0.6) is 6.01 Å². The SMILES string of the molecule is COc1nc2cc(Br)c(C)nc2n1CC1(C)CN2CCC1CC2. The summed E-state index contributed by atoms with van der Waals surface area (Å²) < 4.78 is 8.73. The fraction of sp³-hybridized carbons (Fsp3) is 0.647. The number of aryl methyl sites for hydroxylation is 1. The number of hydrogen-bond donors (Lipinski definition) is 0. The number of ether oxygens (including phenoxy) is 1. The van der Waals surface area contributed by atoms with Gasteiger partial charge in [-0.25, -0.2) is 4.98 Å². The highest BCUT2D eigenvalue weighted by Gasteiger charge is 2.44. The Morgan fingerprint density at radius 2 is 2.09 bits per heavy atom. The van der Waals surface area contributed by atoms with E-state index in [1.54, 1.807) is 7.11 Å². The molecule has 0 N–H and O–H groups in total. The van der Waals surface area contributed by atoms with Crippen LogP contribution in [-0.4, -0.2) is 46.2 Å². The minimum atomic E-state index is 0.264. The molecule has 2 aromatic rings. The van der Waals surface area contributed by atoms with Gasteiger partial charge in [-0.15, -0.1) is 0 Å². The molecule has 0 aromatic carbocycles. The third kappa shape index (κ3) is 2.47. The number of fused-ring (bicyclic) bond motifs is 4. The largest absolute Gasteiger partial charge is 0.468 e. The summed E-state index contributed by atoms with van der Waals surface area (Å²) in [7, 11) is 1.69. The minimum Gasteiger partial charge on any atom is -0.468 e. The summed E-state index contributed by atoms with van der Waals surface area (Å²) >= 11 is 3.55. The van der Waals surface area contributed by atoms with Gasteiger partial charge in [0.05, 0.1) is 12.8 Å². The molecule has 1 atom stereocenters. The van der Waals surface area contributed by atoms with Gasteiger partial charge in [-0.1, -0.05) is 6.92 Å². The molecule has 3 fully saturated rings. The van der Waals surface area contributed by atoms with Gasteiger partial charge < -0.3 is 9.64 Å². The molecule has 3 aliphatic rings. The van der Waals surface area contributed by atoms with E-state index in [1.165, 1.54) is 25.9 Å². The van der Waals surface area contributed by atoms with Crippen LogP contribution in [0.4, 0.5) is 0 Å². The molecule has 5 rings (SSSR count). The molecule has 5 heterocycles. The first-order valence-corrected chi connectivity index (χ1v) is 9.09. The lowest BCUT2D eigenvalue weighted by Crippen LogP contribution is -2.54. The maximum absolute atomic E-state index is 5.56. The van der Waals surface area contributed by atoms with Crippen molar-refractivity contribution in [2.45, 2.75) is 33.2 Å². The van der Waals surface area contributed by atoms with Gasteiger partial charge in [0, 0.05) is 23.0 Å². The van der Waals surface area contributed by atoms with Gasteiger partial charge in [0.25, 0.3) is 6.01 Å². The summed E-state index contributed by atoms with van der Waals surface area (Å²) in [5.41, 5.74) is 3.07. The lowest BCUT2D eigenvalue weighted by molar-refractivity contribution is -0.0279. The van der Waals surface area contributed by atoms with Crippen LogP contribution in [-0.2, 0) is 6.54 Å². The molecule has 23 heavy (non-hydrogen) atoms. The summed E-state index contributed by atoms with van der Waals surface area (Å²) in [6, 6.07) is 2.71. The standard InChI is InChI=1S/C17H23BrN4O/c1-11-13(18)8-14-15(19-11)22(16(20-14)23-3)10-17(2)9-21-6-4-12(17)5-7-21/h8,12H,4-7,9-10H2,1-3H3. The van der Waals surface area contributed by atoms with E-state index in [2.05, 4.69) is 37.3 Å². The van der Waals surface area contributed by atoms with Gasteiger partial charge in [0.15, 0.2) is 5.65 Å². The second-order valence-electron chi connectivity index (χ2n) is 7.29. The van der Waals surface area contributed by atoms with Crippen LogP contribution in [0.15, 0.2) is 10.5 Å². The molecule has 2 bridgehead atoms. The Balaban J connectivity index is 1.77. The van der Waals surface area contributed by atoms with Gasteiger partial charge in [0.1, 0.15) is 5.52 Å². The molecular weight excluding hydrogens is 356 g/mol. The Morgan fingerprint density at radius 3 is 2.70 bits per heavy atom. The number of methoxy groups -OCH3 is 1. The van der Waals surface area contributed by atoms with Gasteiger partial charge >= 0.3 is 0 Å². The van der Waals surface area contributed by atoms with Crippen LogP contribution in [0.3, 0.4) is 0 Å². The third-order valence-corrected chi connectivity index (χ3v) is 6.48. The van der Waals surface area contributed by atoms with Crippen molar-refractivity contribution in [2.75, 3.05) is 26.7 Å². The molecule has 0 radical (unpaired) electrons. The summed E-state index contributed by atoms with van der Waals surface area (Å²) in [5, 5.41) is 0. The summed E-state index contributed by atoms with van der Waals surface area (Å²) in [6.45, 7) is 9.03. The first-order valence-electron chi connectivity index (χ1n) is 8.30. The molecule has 0 saturated carbocycles. The molecular formula is C17H23BrN4O. The Kier molecular flexibility index (Phi) is 3.65. The summed E-state index contributed by atoms with van der Waals surface area (Å²) in [6.07, 6.45) is 2.62. The molecule has 6 heteroatoms. The van der Waals surface area contributed by atoms with E-state index in [9.17, 15) is 0 Å². The fourth-order valence-corrected chi connectivity index (χ4v) is 4.67. The van der Waals surface area contributed by atoms with E-state index >= 15 is 0 Å². The van der Waals surface area contributed by atoms with Crippen molar-refractivity contribution in [1.82, 2.24) is 19.4 Å². The fourth-order valence-electron chi connectivity index (χ4n) is 4.36. The van der Waals surface area contributed by atoms with E-state index in [0.29, 0.717) is 6.01 Å². The van der Waals surface area contributed by atoms with Crippen molar-refractivity contribution in [3.05, 3.63) is 16.2 Å². The highest BCUT2D eigenvalue weighted by molar-refractivity contribution is 9.10. The normalized spacial score (nSPS) is 30.1. The van der Waals surface area contributed by atoms with Crippen molar-refractivity contribution < 1.29 is 4.74 Å². The van der Waals surface area contributed by atoms with E-state index < -0.39 is 0 Å². The lowest BCUT2D eigenvalue weighted by atomic mass is 9.68. The van der Waals surface area contributed by atoms with Crippen molar-refractivity contribution in [2.24, 2.45) is 11.3 Å². The molecule has 5 nitrogen and oxygen atoms in total. The van der Waals surface area contributed by atoms with Gasteiger partial charge in [0.2, 0.25) is 0 Å². The van der Waals surface area contributed by atoms with Crippen LogP contribution in [0.2, 0.25) is 0 Å². The number of pyridine rings is 1. The number of aromatic nitrogens is 3. The number of piperidine rings is 3. The molecule has 2 aromatic heterocycles. The number of rotatable bonds is 3. The second-order valence-corrected chi connectivity index (χ2v) is 8.14. The van der Waals surface area contributed by atoms with E-state index in [4.69, 9.17) is 9.72 Å². The van der Waals surface area contributed by atoms with E-state index in [1.807, 2.05) is 13.0 Å². The van der Waals surface area contributed by atoms with Crippen LogP contribution in [0.25, 0.3) is 11.2 Å². The first-order chi connectivity index (χ1) is 11.0. The minimum absolute atomic E-state index is 0.264. The third-order valence-electron chi connectivity index (χ3n) is 5.67. The Bertz CT molecular complexity index is 751. The van der Waals surface area contributed by atoms with Gasteiger partial charge in [-0.2, -0.15) is 4.98 Å². The van der Waals surface area contributed by atoms with Gasteiger partial charge in [-0.3, -0.25) is 4.57 Å². The zero-order valence-corrected chi connectivity index (χ0v) is 15.6. The van der Waals surface area contributed by atoms with E-state index in [-0.39, 0.29) is 5.41 Å². The van der Waals surface area contributed by atoms with Crippen molar-refractivity contribution in [3.63, 3.8) is 0 Å². The van der Waals surface area contributed by atoms with E-state index in [0.717, 1.165) is 40.3 Å². The van der Waals surface area contributed by atoms with Crippen LogP contribution >= 0.6 is 15.9 Å². The number of halogens is 1. The quantitative estimate of drug-likeness (QED) is 0.821. The summed E-state index contributed by atoms with van der Waals surface area (Å²) in [5.74, 6) is 0.784. The number of hydrogen-bond acceptors (Lipinski definition) is 4. The predicted octanol–water partition coefficient (Wildman–Crippen LogP) is 3.24. The average Bonchev–Trinajstić information content (AvgIpc) is 2.85. The highest BCUT2D eigenvalue weighted by Crippen LogP contribution is 2.44. The summed E-state index contributed by atoms with van der Waals surface area (Å²) in [4.78, 5) is 12.0. The Labute approximate surface area is 145 Å². The molecule has 0 spiro atoms. The van der Waals surface area contributed by atoms with Crippen LogP contribution < -0.4 is 4.74 Å². The van der Waals surface area contributed by atoms with Crippen LogP contribution in [0.1, 0.15) is 25.5 Å². The Hall–Kier alpha value is -1.14. The number of imidazole rings is 1. The maximum Gasteiger partial charge on any atom is 0.298 e. The smallest absolute Gasteiger partial charge is 0.298 e. The van der Waals surface area contributed by atoms with Crippen molar-refractivity contribution in [1.29, 1.82) is 0 Å². The molecule has 1 unspecified atom stereocenters. The Morgan fingerprint density at radius 1 is 1.35 bits per heavy atom. The average molecular weight is 379 g/mol. The highest BCUT2D eigenvalue weighted by atomic mass is 79.9.